The monoisotopic (exact) mass is 324 g/mol. The summed E-state index contributed by atoms with van der Waals surface area (Å²) in [5.74, 6) is 0. The lowest BCUT2D eigenvalue weighted by atomic mass is 10.1. The summed E-state index contributed by atoms with van der Waals surface area (Å²) in [5.41, 5.74) is 3.03. The van der Waals surface area contributed by atoms with E-state index >= 15 is 0 Å². The average molecular weight is 325 g/mol. The third-order valence-electron chi connectivity index (χ3n) is 2.80. The maximum atomic E-state index is 5.96. The number of hydrogen-bond acceptors (Lipinski definition) is 1. The predicted molar refractivity (Wildman–Crippen MR) is 92.1 cm³/mol. The Hall–Kier alpha value is -1.29. The van der Waals surface area contributed by atoms with Gasteiger partial charge in [-0.25, -0.2) is 0 Å². The van der Waals surface area contributed by atoms with Gasteiger partial charge in [-0.15, -0.1) is 0 Å². The van der Waals surface area contributed by atoms with Crippen LogP contribution in [0.1, 0.15) is 12.5 Å². The lowest BCUT2D eigenvalue weighted by Crippen LogP contribution is -2.18. The molecule has 2 N–H and O–H groups in total. The highest BCUT2D eigenvalue weighted by atomic mass is 35.5. The Kier molecular flexibility index (Phi) is 5.24. The van der Waals surface area contributed by atoms with Crippen LogP contribution in [-0.4, -0.2) is 5.11 Å². The predicted octanol–water partition coefficient (Wildman–Crippen LogP) is 5.36. The second-order valence-electron chi connectivity index (χ2n) is 4.26. The summed E-state index contributed by atoms with van der Waals surface area (Å²) in [6, 6.07) is 13.4. The van der Waals surface area contributed by atoms with Crippen molar-refractivity contribution in [2.24, 2.45) is 0 Å². The molecule has 0 atom stereocenters. The fourth-order valence-corrected chi connectivity index (χ4v) is 2.22. The van der Waals surface area contributed by atoms with Gasteiger partial charge in [-0.05, 0) is 54.5 Å². The Bertz CT molecular complexity index is 612. The molecule has 0 saturated carbocycles. The van der Waals surface area contributed by atoms with Crippen LogP contribution in [0.5, 0.6) is 0 Å². The molecule has 0 radical (unpaired) electrons. The number of aryl methyl sites for hydroxylation is 1. The molecule has 0 fully saturated rings. The Morgan fingerprint density at radius 2 is 1.55 bits per heavy atom. The van der Waals surface area contributed by atoms with Crippen molar-refractivity contribution in [1.29, 1.82) is 0 Å². The number of benzene rings is 2. The van der Waals surface area contributed by atoms with Crippen LogP contribution in [0.3, 0.4) is 0 Å². The third kappa shape index (κ3) is 4.10. The van der Waals surface area contributed by atoms with Crippen LogP contribution in [0.4, 0.5) is 11.4 Å². The highest BCUT2D eigenvalue weighted by Crippen LogP contribution is 2.25. The van der Waals surface area contributed by atoms with Gasteiger partial charge in [0, 0.05) is 11.4 Å². The fourth-order valence-electron chi connectivity index (χ4n) is 1.69. The molecule has 2 aromatic carbocycles. The zero-order valence-corrected chi connectivity index (χ0v) is 13.2. The van der Waals surface area contributed by atoms with Gasteiger partial charge in [-0.1, -0.05) is 42.3 Å². The number of anilines is 2. The molecule has 0 bridgehead atoms. The Morgan fingerprint density at radius 3 is 2.15 bits per heavy atom. The highest BCUT2D eigenvalue weighted by Gasteiger charge is 2.02. The first-order valence-electron chi connectivity index (χ1n) is 6.20. The van der Waals surface area contributed by atoms with Gasteiger partial charge in [0.2, 0.25) is 0 Å². The molecular weight excluding hydrogens is 311 g/mol. The van der Waals surface area contributed by atoms with Crippen LogP contribution in [0, 0.1) is 0 Å². The molecular formula is C15H14Cl2N2S. The van der Waals surface area contributed by atoms with E-state index in [1.54, 1.807) is 12.1 Å². The van der Waals surface area contributed by atoms with E-state index in [0.717, 1.165) is 17.8 Å². The molecule has 5 heteroatoms. The summed E-state index contributed by atoms with van der Waals surface area (Å²) in [6.07, 6.45) is 1.02. The second kappa shape index (κ2) is 6.93. The van der Waals surface area contributed by atoms with Crippen LogP contribution >= 0.6 is 35.4 Å². The molecule has 0 unspecified atom stereocenters. The Balaban J connectivity index is 1.99. The minimum atomic E-state index is 0.492. The number of rotatable bonds is 3. The zero-order chi connectivity index (χ0) is 14.5. The molecule has 2 nitrogen and oxygen atoms in total. The first kappa shape index (κ1) is 15.1. The lowest BCUT2D eigenvalue weighted by Gasteiger charge is -2.11. The van der Waals surface area contributed by atoms with E-state index in [4.69, 9.17) is 35.4 Å². The van der Waals surface area contributed by atoms with Crippen molar-refractivity contribution in [1.82, 2.24) is 0 Å². The minimum absolute atomic E-state index is 0.492. The van der Waals surface area contributed by atoms with Gasteiger partial charge in [0.1, 0.15) is 0 Å². The molecule has 104 valence electrons. The first-order valence-corrected chi connectivity index (χ1v) is 7.37. The van der Waals surface area contributed by atoms with Crippen molar-refractivity contribution in [2.45, 2.75) is 13.3 Å². The molecule has 0 aliphatic carbocycles. The van der Waals surface area contributed by atoms with Gasteiger partial charge >= 0.3 is 0 Å². The normalized spacial score (nSPS) is 10.2. The van der Waals surface area contributed by atoms with E-state index in [1.165, 1.54) is 5.56 Å². The number of hydrogen-bond donors (Lipinski definition) is 2. The molecule has 0 heterocycles. The first-order chi connectivity index (χ1) is 9.58. The van der Waals surface area contributed by atoms with Crippen LogP contribution < -0.4 is 10.6 Å². The largest absolute Gasteiger partial charge is 0.332 e. The molecule has 0 aliphatic heterocycles. The maximum absolute atomic E-state index is 5.96. The van der Waals surface area contributed by atoms with E-state index in [1.807, 2.05) is 18.2 Å². The molecule has 2 rings (SSSR count). The van der Waals surface area contributed by atoms with E-state index in [2.05, 4.69) is 29.7 Å². The van der Waals surface area contributed by atoms with E-state index in [0.29, 0.717) is 15.2 Å². The minimum Gasteiger partial charge on any atom is -0.332 e. The van der Waals surface area contributed by atoms with Crippen molar-refractivity contribution in [3.05, 3.63) is 58.1 Å². The summed E-state index contributed by atoms with van der Waals surface area (Å²) in [5, 5.41) is 7.70. The van der Waals surface area contributed by atoms with Crippen molar-refractivity contribution in [2.75, 3.05) is 10.6 Å². The Labute approximate surface area is 134 Å². The van der Waals surface area contributed by atoms with Gasteiger partial charge in [0.15, 0.2) is 5.11 Å². The average Bonchev–Trinajstić information content (AvgIpc) is 2.44. The molecule has 0 aliphatic rings. The quantitative estimate of drug-likeness (QED) is 0.742. The van der Waals surface area contributed by atoms with Crippen molar-refractivity contribution >= 4 is 51.9 Å². The molecule has 0 saturated heterocycles. The molecule has 0 amide bonds. The van der Waals surface area contributed by atoms with Gasteiger partial charge in [0.05, 0.1) is 10.0 Å². The summed E-state index contributed by atoms with van der Waals surface area (Å²) < 4.78 is 0. The smallest absolute Gasteiger partial charge is 0.175 e. The van der Waals surface area contributed by atoms with Crippen LogP contribution in [0.2, 0.25) is 10.0 Å². The second-order valence-corrected chi connectivity index (χ2v) is 5.48. The van der Waals surface area contributed by atoms with Gasteiger partial charge in [0.25, 0.3) is 0 Å². The molecule has 0 spiro atoms. The zero-order valence-electron chi connectivity index (χ0n) is 10.9. The third-order valence-corrected chi connectivity index (χ3v) is 3.74. The van der Waals surface area contributed by atoms with Crippen LogP contribution in [-0.2, 0) is 6.42 Å². The highest BCUT2D eigenvalue weighted by molar-refractivity contribution is 7.80. The van der Waals surface area contributed by atoms with Gasteiger partial charge < -0.3 is 10.6 Å². The van der Waals surface area contributed by atoms with Crippen molar-refractivity contribution < 1.29 is 0 Å². The standard InChI is InChI=1S/C15H14Cl2N2S/c1-2-10-3-5-11(6-4-10)18-15(20)19-12-7-8-13(16)14(17)9-12/h3-9H,2H2,1H3,(H2,18,19,20). The van der Waals surface area contributed by atoms with E-state index < -0.39 is 0 Å². The lowest BCUT2D eigenvalue weighted by molar-refractivity contribution is 1.14. The summed E-state index contributed by atoms with van der Waals surface area (Å²) in [7, 11) is 0. The van der Waals surface area contributed by atoms with Gasteiger partial charge in [-0.2, -0.15) is 0 Å². The topological polar surface area (TPSA) is 24.1 Å². The number of nitrogens with one attached hydrogen (secondary N) is 2. The molecule has 0 aromatic heterocycles. The van der Waals surface area contributed by atoms with Crippen molar-refractivity contribution in [3.63, 3.8) is 0 Å². The van der Waals surface area contributed by atoms with Crippen LogP contribution in [0.25, 0.3) is 0 Å². The molecule has 2 aromatic rings. The molecule has 20 heavy (non-hydrogen) atoms. The number of halogens is 2. The maximum Gasteiger partial charge on any atom is 0.175 e. The van der Waals surface area contributed by atoms with E-state index in [-0.39, 0.29) is 0 Å². The fraction of sp³-hybridized carbons (Fsp3) is 0.133. The summed E-state index contributed by atoms with van der Waals surface area (Å²) in [6.45, 7) is 2.12. The van der Waals surface area contributed by atoms with Crippen LogP contribution in [0.15, 0.2) is 42.5 Å². The Morgan fingerprint density at radius 1 is 0.950 bits per heavy atom. The SMILES string of the molecule is CCc1ccc(NC(=S)Nc2ccc(Cl)c(Cl)c2)cc1. The van der Waals surface area contributed by atoms with E-state index in [9.17, 15) is 0 Å². The van der Waals surface area contributed by atoms with Crippen molar-refractivity contribution in [3.8, 4) is 0 Å². The summed E-state index contributed by atoms with van der Waals surface area (Å²) >= 11 is 17.1. The number of thiocarbonyl (C=S) groups is 1. The summed E-state index contributed by atoms with van der Waals surface area (Å²) in [4.78, 5) is 0. The van der Waals surface area contributed by atoms with Gasteiger partial charge in [-0.3, -0.25) is 0 Å².